The molecule has 0 bridgehead atoms. The first-order chi connectivity index (χ1) is 12.6. The van der Waals surface area contributed by atoms with E-state index in [0.717, 1.165) is 5.52 Å². The Kier molecular flexibility index (Phi) is 5.43. The Hall–Kier alpha value is -2.99. The summed E-state index contributed by atoms with van der Waals surface area (Å²) in [4.78, 5) is 33.4. The lowest BCUT2D eigenvalue weighted by molar-refractivity contribution is -0.142. The number of amides is 1. The quantitative estimate of drug-likeness (QED) is 0.699. The van der Waals surface area contributed by atoms with E-state index >= 15 is 0 Å². The molecule has 1 atom stereocenters. The molecule has 0 saturated heterocycles. The van der Waals surface area contributed by atoms with E-state index in [1.165, 1.54) is 7.11 Å². The molecule has 0 spiro atoms. The standard InChI is InChI=1S/C19H16ClN3O3/c1-26-19(25)17(23-18(24)13-6-2-3-7-14(13)20)10-12-11-21-15-8-4-5-9-16(15)22-12/h2-9,11,17H,10H2,1H3,(H,23,24)/t17-/m0/s1. The summed E-state index contributed by atoms with van der Waals surface area (Å²) in [7, 11) is 1.27. The van der Waals surface area contributed by atoms with Crippen LogP contribution in [-0.4, -0.2) is 35.0 Å². The molecule has 1 N–H and O–H groups in total. The number of nitrogens with one attached hydrogen (secondary N) is 1. The number of carbonyl (C=O) groups is 2. The Morgan fingerprint density at radius 2 is 1.81 bits per heavy atom. The van der Waals surface area contributed by atoms with Crippen LogP contribution in [0.25, 0.3) is 11.0 Å². The van der Waals surface area contributed by atoms with Gasteiger partial charge < -0.3 is 10.1 Å². The second-order valence-electron chi connectivity index (χ2n) is 5.58. The fourth-order valence-corrected chi connectivity index (χ4v) is 2.74. The van der Waals surface area contributed by atoms with Crippen LogP contribution in [0.3, 0.4) is 0 Å². The highest BCUT2D eigenvalue weighted by atomic mass is 35.5. The average Bonchev–Trinajstić information content (AvgIpc) is 2.67. The summed E-state index contributed by atoms with van der Waals surface area (Å²) in [5.74, 6) is -1.03. The summed E-state index contributed by atoms with van der Waals surface area (Å²) < 4.78 is 4.80. The first kappa shape index (κ1) is 17.8. The van der Waals surface area contributed by atoms with Crippen LogP contribution in [0.4, 0.5) is 0 Å². The van der Waals surface area contributed by atoms with Crippen LogP contribution in [0, 0.1) is 0 Å². The first-order valence-corrected chi connectivity index (χ1v) is 8.30. The number of carbonyl (C=O) groups excluding carboxylic acids is 2. The highest BCUT2D eigenvalue weighted by molar-refractivity contribution is 6.33. The Morgan fingerprint density at radius 3 is 2.54 bits per heavy atom. The molecule has 2 aromatic carbocycles. The van der Waals surface area contributed by atoms with Crippen LogP contribution in [0.15, 0.2) is 54.7 Å². The summed E-state index contributed by atoms with van der Waals surface area (Å²) >= 11 is 6.04. The van der Waals surface area contributed by atoms with Crippen molar-refractivity contribution in [2.75, 3.05) is 7.11 Å². The molecule has 26 heavy (non-hydrogen) atoms. The monoisotopic (exact) mass is 369 g/mol. The third-order valence-corrected chi connectivity index (χ3v) is 4.15. The van der Waals surface area contributed by atoms with Gasteiger partial charge in [-0.05, 0) is 24.3 Å². The summed E-state index contributed by atoms with van der Waals surface area (Å²) in [6.45, 7) is 0. The maximum atomic E-state index is 12.5. The van der Waals surface area contributed by atoms with Crippen LogP contribution in [0.2, 0.25) is 5.02 Å². The van der Waals surface area contributed by atoms with Gasteiger partial charge in [0.2, 0.25) is 0 Å². The van der Waals surface area contributed by atoms with Crippen LogP contribution in [-0.2, 0) is 16.0 Å². The second kappa shape index (κ2) is 7.93. The first-order valence-electron chi connectivity index (χ1n) is 7.92. The van der Waals surface area contributed by atoms with Crippen LogP contribution >= 0.6 is 11.6 Å². The van der Waals surface area contributed by atoms with Gasteiger partial charge in [0.15, 0.2) is 0 Å². The molecule has 0 radical (unpaired) electrons. The van der Waals surface area contributed by atoms with Gasteiger partial charge in [0, 0.05) is 12.6 Å². The number of rotatable bonds is 5. The van der Waals surface area contributed by atoms with Crippen molar-refractivity contribution in [2.24, 2.45) is 0 Å². The minimum Gasteiger partial charge on any atom is -0.467 e. The van der Waals surface area contributed by atoms with Crippen molar-refractivity contribution in [1.82, 2.24) is 15.3 Å². The molecule has 132 valence electrons. The van der Waals surface area contributed by atoms with E-state index in [1.807, 2.05) is 24.3 Å². The van der Waals surface area contributed by atoms with E-state index < -0.39 is 17.9 Å². The molecule has 0 saturated carbocycles. The number of fused-ring (bicyclic) bond motifs is 1. The molecule has 6 nitrogen and oxygen atoms in total. The third-order valence-electron chi connectivity index (χ3n) is 3.82. The smallest absolute Gasteiger partial charge is 0.328 e. The number of nitrogens with zero attached hydrogens (tertiary/aromatic N) is 2. The topological polar surface area (TPSA) is 81.2 Å². The van der Waals surface area contributed by atoms with Gasteiger partial charge in [-0.3, -0.25) is 9.78 Å². The number of hydrogen-bond acceptors (Lipinski definition) is 5. The number of aromatic nitrogens is 2. The van der Waals surface area contributed by atoms with Gasteiger partial charge in [-0.1, -0.05) is 35.9 Å². The van der Waals surface area contributed by atoms with E-state index in [-0.39, 0.29) is 12.0 Å². The largest absolute Gasteiger partial charge is 0.467 e. The van der Waals surface area contributed by atoms with Gasteiger partial charge in [0.1, 0.15) is 6.04 Å². The van der Waals surface area contributed by atoms with Gasteiger partial charge in [0.25, 0.3) is 5.91 Å². The molecule has 0 aliphatic carbocycles. The predicted molar refractivity (Wildman–Crippen MR) is 98.0 cm³/mol. The van der Waals surface area contributed by atoms with Crippen LogP contribution < -0.4 is 5.32 Å². The minimum atomic E-state index is -0.903. The molecule has 1 amide bonds. The second-order valence-corrected chi connectivity index (χ2v) is 5.99. The SMILES string of the molecule is COC(=O)[C@H](Cc1cnc2ccccc2n1)NC(=O)c1ccccc1Cl. The van der Waals surface area contributed by atoms with Gasteiger partial charge in [0.05, 0.1) is 34.4 Å². The molecule has 0 aliphatic heterocycles. The number of ether oxygens (including phenoxy) is 1. The number of benzene rings is 2. The highest BCUT2D eigenvalue weighted by Gasteiger charge is 2.24. The fraction of sp³-hybridized carbons (Fsp3) is 0.158. The molecule has 7 heteroatoms. The molecule has 3 rings (SSSR count). The predicted octanol–water partition coefficient (Wildman–Crippen LogP) is 2.80. The molecule has 3 aromatic rings. The van der Waals surface area contributed by atoms with Crippen molar-refractivity contribution in [2.45, 2.75) is 12.5 Å². The Morgan fingerprint density at radius 1 is 1.12 bits per heavy atom. The van der Waals surface area contributed by atoms with Gasteiger partial charge in [-0.2, -0.15) is 0 Å². The van der Waals surface area contributed by atoms with E-state index in [2.05, 4.69) is 15.3 Å². The van der Waals surface area contributed by atoms with E-state index in [0.29, 0.717) is 16.2 Å². The van der Waals surface area contributed by atoms with E-state index in [9.17, 15) is 9.59 Å². The average molecular weight is 370 g/mol. The van der Waals surface area contributed by atoms with Gasteiger partial charge in [-0.25, -0.2) is 9.78 Å². The van der Waals surface area contributed by atoms with Crippen molar-refractivity contribution in [1.29, 1.82) is 0 Å². The van der Waals surface area contributed by atoms with Crippen LogP contribution in [0.1, 0.15) is 16.1 Å². The lowest BCUT2D eigenvalue weighted by Gasteiger charge is -2.16. The van der Waals surface area contributed by atoms with Gasteiger partial charge >= 0.3 is 5.97 Å². The van der Waals surface area contributed by atoms with Crippen molar-refractivity contribution >= 4 is 34.5 Å². The highest BCUT2D eigenvalue weighted by Crippen LogP contribution is 2.15. The maximum Gasteiger partial charge on any atom is 0.328 e. The summed E-state index contributed by atoms with van der Waals surface area (Å²) in [6, 6.07) is 13.1. The Labute approximate surface area is 155 Å². The summed E-state index contributed by atoms with van der Waals surface area (Å²) in [5.41, 5.74) is 2.32. The van der Waals surface area contributed by atoms with E-state index in [1.54, 1.807) is 30.5 Å². The Bertz CT molecular complexity index is 961. The molecule has 1 heterocycles. The summed E-state index contributed by atoms with van der Waals surface area (Å²) in [5, 5.41) is 2.96. The number of para-hydroxylation sites is 2. The van der Waals surface area contributed by atoms with Crippen molar-refractivity contribution in [3.05, 3.63) is 71.0 Å². The Balaban J connectivity index is 1.82. The number of hydrogen-bond donors (Lipinski definition) is 1. The normalized spacial score (nSPS) is 11.8. The number of halogens is 1. The maximum absolute atomic E-state index is 12.5. The molecule has 0 unspecified atom stereocenters. The zero-order valence-electron chi connectivity index (χ0n) is 14.0. The number of methoxy groups -OCH3 is 1. The molecular weight excluding hydrogens is 354 g/mol. The lowest BCUT2D eigenvalue weighted by atomic mass is 10.1. The fourth-order valence-electron chi connectivity index (χ4n) is 2.52. The molecule has 1 aromatic heterocycles. The van der Waals surface area contributed by atoms with Crippen LogP contribution in [0.5, 0.6) is 0 Å². The number of esters is 1. The van der Waals surface area contributed by atoms with Gasteiger partial charge in [-0.15, -0.1) is 0 Å². The molecule has 0 fully saturated rings. The zero-order valence-corrected chi connectivity index (χ0v) is 14.7. The molecule has 0 aliphatic rings. The zero-order chi connectivity index (χ0) is 18.5. The van der Waals surface area contributed by atoms with Crippen molar-refractivity contribution in [3.63, 3.8) is 0 Å². The van der Waals surface area contributed by atoms with E-state index in [4.69, 9.17) is 16.3 Å². The minimum absolute atomic E-state index is 0.153. The molecular formula is C19H16ClN3O3. The lowest BCUT2D eigenvalue weighted by Crippen LogP contribution is -2.43. The third kappa shape index (κ3) is 3.97. The summed E-state index contributed by atoms with van der Waals surface area (Å²) in [6.07, 6.45) is 1.74. The van der Waals surface area contributed by atoms with Crippen molar-refractivity contribution in [3.8, 4) is 0 Å². The van der Waals surface area contributed by atoms with Crippen molar-refractivity contribution < 1.29 is 14.3 Å².